The van der Waals surface area contributed by atoms with Gasteiger partial charge in [0.05, 0.1) is 5.75 Å². The molecule has 0 radical (unpaired) electrons. The van der Waals surface area contributed by atoms with Gasteiger partial charge in [0.25, 0.3) is 0 Å². The molecule has 28 heavy (non-hydrogen) atoms. The highest BCUT2D eigenvalue weighted by Gasteiger charge is 2.34. The van der Waals surface area contributed by atoms with Crippen LogP contribution in [0.15, 0.2) is 42.5 Å². The van der Waals surface area contributed by atoms with E-state index in [2.05, 4.69) is 30.4 Å². The maximum Gasteiger partial charge on any atom is 0.238 e. The molecule has 0 spiro atoms. The summed E-state index contributed by atoms with van der Waals surface area (Å²) in [5.74, 6) is 0.710. The summed E-state index contributed by atoms with van der Waals surface area (Å²) >= 11 is 1.66. The molecule has 1 N–H and O–H groups in total. The lowest BCUT2D eigenvalue weighted by molar-refractivity contribution is -0.116. The Hall–Kier alpha value is -2.27. The van der Waals surface area contributed by atoms with E-state index in [-0.39, 0.29) is 17.2 Å². The number of amides is 2. The van der Waals surface area contributed by atoms with Crippen molar-refractivity contribution in [2.75, 3.05) is 16.0 Å². The predicted molar refractivity (Wildman–Crippen MR) is 116 cm³/mol. The van der Waals surface area contributed by atoms with Gasteiger partial charge in [-0.15, -0.1) is 11.8 Å². The Kier molecular flexibility index (Phi) is 5.72. The number of fused-ring (bicyclic) bond motifs is 1. The number of unbranched alkanes of at least 4 members (excludes halogenated alkanes) is 1. The molecule has 4 rings (SSSR count). The summed E-state index contributed by atoms with van der Waals surface area (Å²) in [4.78, 5) is 26.5. The smallest absolute Gasteiger partial charge is 0.238 e. The molecule has 2 aliphatic rings. The maximum atomic E-state index is 12.6. The van der Waals surface area contributed by atoms with Crippen LogP contribution in [0.1, 0.15) is 54.7 Å². The maximum absolute atomic E-state index is 12.6. The van der Waals surface area contributed by atoms with Gasteiger partial charge in [0.2, 0.25) is 11.8 Å². The molecule has 2 aromatic rings. The Morgan fingerprint density at radius 1 is 1.14 bits per heavy atom. The van der Waals surface area contributed by atoms with E-state index in [0.29, 0.717) is 12.2 Å². The van der Waals surface area contributed by atoms with Crippen molar-refractivity contribution in [3.63, 3.8) is 0 Å². The van der Waals surface area contributed by atoms with E-state index >= 15 is 0 Å². The number of nitrogens with zero attached hydrogens (tertiary/aromatic N) is 1. The van der Waals surface area contributed by atoms with E-state index < -0.39 is 0 Å². The molecule has 5 heteroatoms. The second-order valence-electron chi connectivity index (χ2n) is 7.51. The Morgan fingerprint density at radius 2 is 1.93 bits per heavy atom. The second-order valence-corrected chi connectivity index (χ2v) is 8.58. The van der Waals surface area contributed by atoms with Gasteiger partial charge in [-0.1, -0.05) is 31.5 Å². The third-order valence-electron chi connectivity index (χ3n) is 5.47. The summed E-state index contributed by atoms with van der Waals surface area (Å²) in [6, 6.07) is 14.4. The minimum atomic E-state index is -0.0169. The van der Waals surface area contributed by atoms with Crippen LogP contribution in [-0.4, -0.2) is 17.6 Å². The van der Waals surface area contributed by atoms with Crippen LogP contribution in [0.4, 0.5) is 11.4 Å². The van der Waals surface area contributed by atoms with Gasteiger partial charge in [0.15, 0.2) is 0 Å². The normalized spacial score (nSPS) is 18.4. The number of nitrogens with one attached hydrogen (secondary N) is 1. The minimum absolute atomic E-state index is 0.0169. The average Bonchev–Trinajstić information content (AvgIpc) is 3.32. The van der Waals surface area contributed by atoms with E-state index in [1.165, 1.54) is 17.5 Å². The highest BCUT2D eigenvalue weighted by Crippen LogP contribution is 2.42. The third-order valence-corrected chi connectivity index (χ3v) is 6.68. The van der Waals surface area contributed by atoms with Crippen molar-refractivity contribution in [3.8, 4) is 0 Å². The number of carbonyl (C=O) groups is 2. The van der Waals surface area contributed by atoms with Crippen LogP contribution >= 0.6 is 11.8 Å². The zero-order chi connectivity index (χ0) is 19.5. The van der Waals surface area contributed by atoms with Gasteiger partial charge in [0, 0.05) is 17.8 Å². The lowest BCUT2D eigenvalue weighted by Crippen LogP contribution is -2.27. The highest BCUT2D eigenvalue weighted by molar-refractivity contribution is 8.00. The fourth-order valence-electron chi connectivity index (χ4n) is 3.95. The quantitative estimate of drug-likeness (QED) is 0.743. The van der Waals surface area contributed by atoms with Crippen LogP contribution in [0, 0.1) is 0 Å². The van der Waals surface area contributed by atoms with Crippen LogP contribution < -0.4 is 10.2 Å². The molecule has 1 heterocycles. The fraction of sp³-hybridized carbons (Fsp3) is 0.391. The van der Waals surface area contributed by atoms with Gasteiger partial charge in [0.1, 0.15) is 5.37 Å². The Labute approximate surface area is 170 Å². The number of rotatable bonds is 6. The van der Waals surface area contributed by atoms with E-state index in [0.717, 1.165) is 42.6 Å². The molecule has 0 unspecified atom stereocenters. The molecule has 2 aromatic carbocycles. The molecule has 1 fully saturated rings. The lowest BCUT2D eigenvalue weighted by Gasteiger charge is -2.25. The molecule has 0 bridgehead atoms. The van der Waals surface area contributed by atoms with Gasteiger partial charge in [-0.05, 0) is 66.6 Å². The van der Waals surface area contributed by atoms with Crippen LogP contribution in [0.25, 0.3) is 0 Å². The first-order valence-corrected chi connectivity index (χ1v) is 11.2. The van der Waals surface area contributed by atoms with Gasteiger partial charge >= 0.3 is 0 Å². The second kappa shape index (κ2) is 8.39. The van der Waals surface area contributed by atoms with Crippen molar-refractivity contribution in [3.05, 3.63) is 59.2 Å². The number of anilines is 2. The molecule has 1 aliphatic heterocycles. The molecule has 0 aromatic heterocycles. The van der Waals surface area contributed by atoms with Gasteiger partial charge < -0.3 is 5.32 Å². The Bertz CT molecular complexity index is 879. The number of benzene rings is 2. The Morgan fingerprint density at radius 3 is 2.71 bits per heavy atom. The largest absolute Gasteiger partial charge is 0.326 e. The summed E-state index contributed by atoms with van der Waals surface area (Å²) in [6.07, 6.45) is 5.93. The zero-order valence-electron chi connectivity index (χ0n) is 16.2. The number of aryl methyl sites for hydroxylation is 2. The third kappa shape index (κ3) is 3.95. The molecule has 1 atom stereocenters. The molecule has 4 nitrogen and oxygen atoms in total. The van der Waals surface area contributed by atoms with E-state index in [9.17, 15) is 9.59 Å². The van der Waals surface area contributed by atoms with Crippen LogP contribution in [0.3, 0.4) is 0 Å². The summed E-state index contributed by atoms with van der Waals surface area (Å²) < 4.78 is 0. The average molecular weight is 395 g/mol. The SMILES string of the molecule is CCCCC(=O)Nc1ccc([C@H]2SCC(=O)N2c2ccc3c(c2)CCC3)cc1. The van der Waals surface area contributed by atoms with Gasteiger partial charge in [-0.2, -0.15) is 0 Å². The van der Waals surface area contributed by atoms with E-state index in [1.54, 1.807) is 11.8 Å². The summed E-state index contributed by atoms with van der Waals surface area (Å²) in [5.41, 5.74) is 5.69. The number of thioether (sulfide) groups is 1. The number of carbonyl (C=O) groups excluding carboxylic acids is 2. The zero-order valence-corrected chi connectivity index (χ0v) is 17.1. The highest BCUT2D eigenvalue weighted by atomic mass is 32.2. The lowest BCUT2D eigenvalue weighted by atomic mass is 10.1. The topological polar surface area (TPSA) is 49.4 Å². The molecule has 1 aliphatic carbocycles. The first-order valence-electron chi connectivity index (χ1n) is 10.1. The molecule has 146 valence electrons. The van der Waals surface area contributed by atoms with Crippen LogP contribution in [0.2, 0.25) is 0 Å². The standard InChI is InChI=1S/C23H26N2O2S/c1-2-3-7-21(26)24-19-11-8-17(9-12-19)23-25(22(27)15-28-23)20-13-10-16-5-4-6-18(16)14-20/h8-14,23H,2-7,15H2,1H3,(H,24,26)/t23-/m1/s1. The molecule has 1 saturated heterocycles. The van der Waals surface area contributed by atoms with Crippen molar-refractivity contribution >= 4 is 35.0 Å². The Balaban J connectivity index is 1.51. The molecule has 2 amide bonds. The van der Waals surface area contributed by atoms with Crippen molar-refractivity contribution in [2.24, 2.45) is 0 Å². The first kappa shape index (κ1) is 19.1. The summed E-state index contributed by atoms with van der Waals surface area (Å²) in [5, 5.41) is 2.93. The monoisotopic (exact) mass is 394 g/mol. The van der Waals surface area contributed by atoms with Crippen molar-refractivity contribution < 1.29 is 9.59 Å². The van der Waals surface area contributed by atoms with Crippen molar-refractivity contribution in [2.45, 2.75) is 50.8 Å². The van der Waals surface area contributed by atoms with Crippen molar-refractivity contribution in [1.82, 2.24) is 0 Å². The summed E-state index contributed by atoms with van der Waals surface area (Å²) in [6.45, 7) is 2.08. The fourth-order valence-corrected chi connectivity index (χ4v) is 5.13. The van der Waals surface area contributed by atoms with Gasteiger partial charge in [-0.25, -0.2) is 0 Å². The van der Waals surface area contributed by atoms with Crippen molar-refractivity contribution in [1.29, 1.82) is 0 Å². The minimum Gasteiger partial charge on any atom is -0.326 e. The van der Waals surface area contributed by atoms with E-state index in [1.807, 2.05) is 29.2 Å². The van der Waals surface area contributed by atoms with Gasteiger partial charge in [-0.3, -0.25) is 14.5 Å². The summed E-state index contributed by atoms with van der Waals surface area (Å²) in [7, 11) is 0. The van der Waals surface area contributed by atoms with Crippen LogP contribution in [-0.2, 0) is 22.4 Å². The van der Waals surface area contributed by atoms with E-state index in [4.69, 9.17) is 0 Å². The predicted octanol–water partition coefficient (Wildman–Crippen LogP) is 5.08. The molecular weight excluding hydrogens is 368 g/mol. The molecule has 0 saturated carbocycles. The first-order chi connectivity index (χ1) is 13.7. The molecular formula is C23H26N2O2S. The van der Waals surface area contributed by atoms with Crippen LogP contribution in [0.5, 0.6) is 0 Å². The number of hydrogen-bond acceptors (Lipinski definition) is 3. The number of hydrogen-bond donors (Lipinski definition) is 1.